The van der Waals surface area contributed by atoms with E-state index in [1.807, 2.05) is 19.1 Å². The van der Waals surface area contributed by atoms with Crippen LogP contribution in [-0.2, 0) is 0 Å². The van der Waals surface area contributed by atoms with Gasteiger partial charge in [0.1, 0.15) is 0 Å². The van der Waals surface area contributed by atoms with Gasteiger partial charge >= 0.3 is 0 Å². The average molecular weight is 230 g/mol. The molecular formula is C14H18N2O. The van der Waals surface area contributed by atoms with Crippen molar-refractivity contribution >= 4 is 5.57 Å². The molecule has 0 fully saturated rings. The zero-order chi connectivity index (χ0) is 12.6. The van der Waals surface area contributed by atoms with E-state index in [2.05, 4.69) is 24.9 Å². The number of nitrogens with two attached hydrogens (primary N) is 1. The van der Waals surface area contributed by atoms with Gasteiger partial charge in [0.2, 0.25) is 0 Å². The molecule has 0 spiro atoms. The zero-order valence-corrected chi connectivity index (χ0v) is 10.4. The van der Waals surface area contributed by atoms with Crippen LogP contribution in [0.2, 0.25) is 0 Å². The SMILES string of the molecule is CC1=C(c2c[nH]c(=O)c(C)c2)C(C)C(N)C=C1. The molecule has 2 atom stereocenters. The van der Waals surface area contributed by atoms with Crippen molar-refractivity contribution in [3.63, 3.8) is 0 Å². The molecule has 0 saturated carbocycles. The normalized spacial score (nSPS) is 24.2. The van der Waals surface area contributed by atoms with Crippen LogP contribution in [-0.4, -0.2) is 11.0 Å². The van der Waals surface area contributed by atoms with Gasteiger partial charge in [-0.3, -0.25) is 4.79 Å². The van der Waals surface area contributed by atoms with Crippen molar-refractivity contribution in [1.82, 2.24) is 4.98 Å². The largest absolute Gasteiger partial charge is 0.328 e. The molecule has 1 aromatic rings. The average Bonchev–Trinajstić information content (AvgIpc) is 2.29. The Hall–Kier alpha value is -1.61. The summed E-state index contributed by atoms with van der Waals surface area (Å²) in [5.74, 6) is 0.269. The monoisotopic (exact) mass is 230 g/mol. The van der Waals surface area contributed by atoms with E-state index in [1.165, 1.54) is 11.1 Å². The second kappa shape index (κ2) is 4.34. The molecule has 1 aromatic heterocycles. The Balaban J connectivity index is 2.55. The first kappa shape index (κ1) is 11.9. The molecule has 0 radical (unpaired) electrons. The molecular weight excluding hydrogens is 212 g/mol. The van der Waals surface area contributed by atoms with Crippen molar-refractivity contribution in [3.8, 4) is 0 Å². The van der Waals surface area contributed by atoms with Crippen LogP contribution in [0.5, 0.6) is 0 Å². The maximum absolute atomic E-state index is 11.4. The zero-order valence-electron chi connectivity index (χ0n) is 10.4. The third kappa shape index (κ3) is 2.11. The molecule has 17 heavy (non-hydrogen) atoms. The van der Waals surface area contributed by atoms with Gasteiger partial charge in [-0.05, 0) is 36.6 Å². The fraction of sp³-hybridized carbons (Fsp3) is 0.357. The molecule has 3 nitrogen and oxygen atoms in total. The minimum atomic E-state index is -0.0321. The van der Waals surface area contributed by atoms with Crippen LogP contribution in [0, 0.1) is 12.8 Å². The summed E-state index contributed by atoms with van der Waals surface area (Å²) >= 11 is 0. The number of allylic oxidation sites excluding steroid dienone is 2. The molecule has 90 valence electrons. The van der Waals surface area contributed by atoms with Crippen molar-refractivity contribution in [2.24, 2.45) is 11.7 Å². The van der Waals surface area contributed by atoms with E-state index in [1.54, 1.807) is 6.20 Å². The van der Waals surface area contributed by atoms with E-state index < -0.39 is 0 Å². The van der Waals surface area contributed by atoms with Gasteiger partial charge in [-0.2, -0.15) is 0 Å². The standard InChI is InChI=1S/C14H18N2O/c1-8-4-5-12(15)10(3)13(8)11-6-9(2)14(17)16-7-11/h4-7,10,12H,15H2,1-3H3,(H,16,17). The highest BCUT2D eigenvalue weighted by Gasteiger charge is 2.21. The van der Waals surface area contributed by atoms with Gasteiger partial charge in [-0.15, -0.1) is 0 Å². The van der Waals surface area contributed by atoms with E-state index in [9.17, 15) is 4.79 Å². The van der Waals surface area contributed by atoms with E-state index in [0.717, 1.165) is 11.1 Å². The van der Waals surface area contributed by atoms with Gasteiger partial charge in [0.25, 0.3) is 5.56 Å². The highest BCUT2D eigenvalue weighted by molar-refractivity contribution is 5.74. The number of rotatable bonds is 1. The van der Waals surface area contributed by atoms with Crippen molar-refractivity contribution in [1.29, 1.82) is 0 Å². The van der Waals surface area contributed by atoms with Crippen LogP contribution in [0.4, 0.5) is 0 Å². The molecule has 1 aliphatic carbocycles. The maximum Gasteiger partial charge on any atom is 0.250 e. The number of hydrogen-bond acceptors (Lipinski definition) is 2. The number of aromatic amines is 1. The predicted octanol–water partition coefficient (Wildman–Crippen LogP) is 1.99. The number of nitrogens with one attached hydrogen (secondary N) is 1. The Morgan fingerprint density at radius 2 is 2.06 bits per heavy atom. The smallest absolute Gasteiger partial charge is 0.250 e. The topological polar surface area (TPSA) is 58.9 Å². The molecule has 2 unspecified atom stereocenters. The lowest BCUT2D eigenvalue weighted by Gasteiger charge is -2.26. The van der Waals surface area contributed by atoms with Gasteiger partial charge in [0.05, 0.1) is 0 Å². The second-order valence-electron chi connectivity index (χ2n) is 4.72. The Kier molecular flexibility index (Phi) is 3.03. The molecule has 1 heterocycles. The minimum Gasteiger partial charge on any atom is -0.328 e. The highest BCUT2D eigenvalue weighted by atomic mass is 16.1. The van der Waals surface area contributed by atoms with E-state index in [4.69, 9.17) is 5.73 Å². The lowest BCUT2D eigenvalue weighted by Crippen LogP contribution is -2.29. The van der Waals surface area contributed by atoms with Crippen LogP contribution in [0.25, 0.3) is 5.57 Å². The molecule has 0 saturated heterocycles. The summed E-state index contributed by atoms with van der Waals surface area (Å²) in [6.07, 6.45) is 5.86. The van der Waals surface area contributed by atoms with Gasteiger partial charge in [-0.1, -0.05) is 19.1 Å². The van der Waals surface area contributed by atoms with Crippen LogP contribution in [0.15, 0.2) is 34.8 Å². The molecule has 1 aliphatic rings. The molecule has 0 bridgehead atoms. The third-order valence-corrected chi connectivity index (χ3v) is 3.43. The van der Waals surface area contributed by atoms with E-state index in [0.29, 0.717) is 0 Å². The molecule has 0 aromatic carbocycles. The van der Waals surface area contributed by atoms with Gasteiger partial charge in [0.15, 0.2) is 0 Å². The highest BCUT2D eigenvalue weighted by Crippen LogP contribution is 2.32. The van der Waals surface area contributed by atoms with Crippen LogP contribution >= 0.6 is 0 Å². The summed E-state index contributed by atoms with van der Waals surface area (Å²) in [6.45, 7) is 6.02. The lowest BCUT2D eigenvalue weighted by molar-refractivity contribution is 0.637. The first-order valence-electron chi connectivity index (χ1n) is 5.85. The Morgan fingerprint density at radius 1 is 1.35 bits per heavy atom. The summed E-state index contributed by atoms with van der Waals surface area (Å²) in [6, 6.07) is 1.97. The summed E-state index contributed by atoms with van der Waals surface area (Å²) in [7, 11) is 0. The number of pyridine rings is 1. The Morgan fingerprint density at radius 3 is 2.71 bits per heavy atom. The minimum absolute atomic E-state index is 0.0321. The first-order valence-corrected chi connectivity index (χ1v) is 5.85. The summed E-state index contributed by atoms with van der Waals surface area (Å²) < 4.78 is 0. The quantitative estimate of drug-likeness (QED) is 0.775. The number of aryl methyl sites for hydroxylation is 1. The van der Waals surface area contributed by atoms with E-state index >= 15 is 0 Å². The molecule has 0 aliphatic heterocycles. The number of aromatic nitrogens is 1. The number of hydrogen-bond donors (Lipinski definition) is 2. The molecule has 3 heteroatoms. The van der Waals surface area contributed by atoms with Gasteiger partial charge < -0.3 is 10.7 Å². The Labute approximate surface area is 101 Å². The fourth-order valence-electron chi connectivity index (χ4n) is 2.31. The number of H-pyrrole nitrogens is 1. The first-order chi connectivity index (χ1) is 8.00. The second-order valence-corrected chi connectivity index (χ2v) is 4.72. The van der Waals surface area contributed by atoms with Crippen molar-refractivity contribution in [2.75, 3.05) is 0 Å². The van der Waals surface area contributed by atoms with Gasteiger partial charge in [0, 0.05) is 23.7 Å². The molecule has 3 N–H and O–H groups in total. The van der Waals surface area contributed by atoms with Crippen LogP contribution in [0.3, 0.4) is 0 Å². The van der Waals surface area contributed by atoms with Crippen molar-refractivity contribution in [2.45, 2.75) is 26.8 Å². The maximum atomic E-state index is 11.4. The summed E-state index contributed by atoms with van der Waals surface area (Å²) in [4.78, 5) is 14.1. The summed E-state index contributed by atoms with van der Waals surface area (Å²) in [5, 5.41) is 0. The lowest BCUT2D eigenvalue weighted by atomic mass is 9.82. The molecule has 0 amide bonds. The third-order valence-electron chi connectivity index (χ3n) is 3.43. The Bertz CT molecular complexity index is 552. The van der Waals surface area contributed by atoms with Crippen molar-refractivity contribution < 1.29 is 0 Å². The molecule has 2 rings (SSSR count). The van der Waals surface area contributed by atoms with Gasteiger partial charge in [-0.25, -0.2) is 0 Å². The fourth-order valence-corrected chi connectivity index (χ4v) is 2.31. The van der Waals surface area contributed by atoms with E-state index in [-0.39, 0.29) is 17.5 Å². The summed E-state index contributed by atoms with van der Waals surface area (Å²) in [5.41, 5.74) is 10.2. The van der Waals surface area contributed by atoms with Crippen LogP contribution in [0.1, 0.15) is 25.0 Å². The predicted molar refractivity (Wildman–Crippen MR) is 70.7 cm³/mol. The van der Waals surface area contributed by atoms with Crippen molar-refractivity contribution in [3.05, 3.63) is 51.5 Å². The van der Waals surface area contributed by atoms with Crippen LogP contribution < -0.4 is 11.3 Å².